The van der Waals surface area contributed by atoms with Crippen LogP contribution < -0.4 is 11.5 Å². The maximum Gasteiger partial charge on any atom is 0.251 e. The molecule has 1 aromatic carbocycles. The van der Waals surface area contributed by atoms with Crippen molar-refractivity contribution in [3.8, 4) is 0 Å². The van der Waals surface area contributed by atoms with E-state index in [9.17, 15) is 4.79 Å². The van der Waals surface area contributed by atoms with Crippen molar-refractivity contribution < 1.29 is 4.79 Å². The van der Waals surface area contributed by atoms with E-state index >= 15 is 0 Å². The number of carbonyl (C=O) groups excluding carboxylic acids is 1. The smallest absolute Gasteiger partial charge is 0.251 e. The Bertz CT molecular complexity index is 688. The number of nitrogens with two attached hydrogens (primary N) is 2. The van der Waals surface area contributed by atoms with E-state index in [0.717, 1.165) is 18.4 Å². The van der Waals surface area contributed by atoms with E-state index in [1.54, 1.807) is 0 Å². The Morgan fingerprint density at radius 3 is 2.57 bits per heavy atom. The molecule has 1 amide bonds. The van der Waals surface area contributed by atoms with Gasteiger partial charge in [0.1, 0.15) is 0 Å². The lowest BCUT2D eigenvalue weighted by molar-refractivity contribution is 0.0999. The number of anilines is 1. The van der Waals surface area contributed by atoms with Crippen molar-refractivity contribution in [2.24, 2.45) is 11.1 Å². The van der Waals surface area contributed by atoms with Gasteiger partial charge < -0.3 is 11.5 Å². The minimum absolute atomic E-state index is 0.139. The van der Waals surface area contributed by atoms with Crippen molar-refractivity contribution in [2.75, 3.05) is 5.73 Å². The molecule has 1 atom stereocenters. The molecule has 4 N–H and O–H groups in total. The zero-order valence-corrected chi connectivity index (χ0v) is 13.2. The van der Waals surface area contributed by atoms with Crippen LogP contribution in [0.5, 0.6) is 0 Å². The summed E-state index contributed by atoms with van der Waals surface area (Å²) < 4.78 is 0. The summed E-state index contributed by atoms with van der Waals surface area (Å²) in [6.07, 6.45) is 1.90. The first-order chi connectivity index (χ1) is 9.92. The Morgan fingerprint density at radius 1 is 1.29 bits per heavy atom. The highest BCUT2D eigenvalue weighted by atomic mass is 32.1. The summed E-state index contributed by atoms with van der Waals surface area (Å²) in [5, 5.41) is 0.561. The standard InChI is InChI=1S/C17H20N2OS/c1-17(2)9-8-11-12(15(18)20)16(19)21-14(11)13(17)10-6-4-3-5-7-10/h3-7,13H,8-9,19H2,1-2H3,(H2,18,20). The van der Waals surface area contributed by atoms with Gasteiger partial charge in [0.25, 0.3) is 5.91 Å². The number of hydrogen-bond acceptors (Lipinski definition) is 3. The summed E-state index contributed by atoms with van der Waals surface area (Å²) in [7, 11) is 0. The Morgan fingerprint density at radius 2 is 1.95 bits per heavy atom. The molecular formula is C17H20N2OS. The van der Waals surface area contributed by atoms with Crippen molar-refractivity contribution in [2.45, 2.75) is 32.6 Å². The maximum absolute atomic E-state index is 11.7. The molecule has 0 bridgehead atoms. The van der Waals surface area contributed by atoms with Gasteiger partial charge in [0, 0.05) is 10.8 Å². The number of rotatable bonds is 2. The molecule has 1 heterocycles. The third kappa shape index (κ3) is 2.23. The highest BCUT2D eigenvalue weighted by molar-refractivity contribution is 7.16. The lowest BCUT2D eigenvalue weighted by Gasteiger charge is -2.39. The third-order valence-corrected chi connectivity index (χ3v) is 5.63. The summed E-state index contributed by atoms with van der Waals surface area (Å²) in [6.45, 7) is 4.57. The van der Waals surface area contributed by atoms with E-state index in [1.807, 2.05) is 6.07 Å². The Hall–Kier alpha value is -1.81. The molecule has 0 saturated heterocycles. The number of fused-ring (bicyclic) bond motifs is 1. The predicted molar refractivity (Wildman–Crippen MR) is 87.6 cm³/mol. The SMILES string of the molecule is CC1(C)CCc2c(sc(N)c2C(N)=O)C1c1ccccc1. The van der Waals surface area contributed by atoms with Gasteiger partial charge in [0.2, 0.25) is 0 Å². The molecular weight excluding hydrogens is 280 g/mol. The van der Waals surface area contributed by atoms with Gasteiger partial charge in [0.05, 0.1) is 10.6 Å². The Labute approximate surface area is 129 Å². The van der Waals surface area contributed by atoms with Gasteiger partial charge in [-0.15, -0.1) is 11.3 Å². The fourth-order valence-electron chi connectivity index (χ4n) is 3.45. The molecule has 3 rings (SSSR count). The van der Waals surface area contributed by atoms with Crippen LogP contribution in [0, 0.1) is 5.41 Å². The second kappa shape index (κ2) is 4.88. The monoisotopic (exact) mass is 300 g/mol. The lowest BCUT2D eigenvalue weighted by Crippen LogP contribution is -2.29. The van der Waals surface area contributed by atoms with Crippen molar-refractivity contribution >= 4 is 22.2 Å². The largest absolute Gasteiger partial charge is 0.390 e. The fraction of sp³-hybridized carbons (Fsp3) is 0.353. The molecule has 1 unspecified atom stereocenters. The van der Waals surface area contributed by atoms with Gasteiger partial charge in [-0.3, -0.25) is 4.79 Å². The van der Waals surface area contributed by atoms with Crippen molar-refractivity contribution in [1.29, 1.82) is 0 Å². The average Bonchev–Trinajstić information content (AvgIpc) is 2.74. The fourth-order valence-corrected chi connectivity index (χ4v) is 4.91. The van der Waals surface area contributed by atoms with Crippen molar-refractivity contribution in [1.82, 2.24) is 0 Å². The van der Waals surface area contributed by atoms with Crippen molar-refractivity contribution in [3.05, 3.63) is 51.9 Å². The molecule has 4 heteroatoms. The molecule has 3 nitrogen and oxygen atoms in total. The molecule has 0 spiro atoms. The molecule has 1 aliphatic carbocycles. The van der Waals surface area contributed by atoms with Crippen LogP contribution in [0.25, 0.3) is 0 Å². The second-order valence-electron chi connectivity index (χ2n) is 6.38. The number of amides is 1. The minimum Gasteiger partial charge on any atom is -0.390 e. The first-order valence-corrected chi connectivity index (χ1v) is 7.99. The van der Waals surface area contributed by atoms with Crippen LogP contribution in [0.4, 0.5) is 5.00 Å². The van der Waals surface area contributed by atoms with Crippen LogP contribution in [-0.4, -0.2) is 5.91 Å². The van der Waals surface area contributed by atoms with E-state index in [2.05, 4.69) is 38.1 Å². The first-order valence-electron chi connectivity index (χ1n) is 7.17. The molecule has 1 aromatic heterocycles. The summed E-state index contributed by atoms with van der Waals surface area (Å²) in [5.74, 6) is -0.139. The van der Waals surface area contributed by atoms with Crippen LogP contribution in [0.1, 0.15) is 52.5 Å². The highest BCUT2D eigenvalue weighted by Gasteiger charge is 2.40. The molecule has 21 heavy (non-hydrogen) atoms. The lowest BCUT2D eigenvalue weighted by atomic mass is 9.66. The molecule has 0 radical (unpaired) electrons. The predicted octanol–water partition coefficient (Wildman–Crippen LogP) is 3.53. The number of hydrogen-bond donors (Lipinski definition) is 2. The zero-order valence-electron chi connectivity index (χ0n) is 12.3. The van der Waals surface area contributed by atoms with Gasteiger partial charge >= 0.3 is 0 Å². The summed E-state index contributed by atoms with van der Waals surface area (Å²) in [6, 6.07) is 10.5. The van der Waals surface area contributed by atoms with Crippen LogP contribution in [0.3, 0.4) is 0 Å². The molecule has 0 fully saturated rings. The summed E-state index contributed by atoms with van der Waals surface area (Å²) in [5.41, 5.74) is 14.6. The molecule has 0 saturated carbocycles. The number of primary amides is 1. The summed E-state index contributed by atoms with van der Waals surface area (Å²) in [4.78, 5) is 12.9. The van der Waals surface area contributed by atoms with E-state index in [-0.39, 0.29) is 11.3 Å². The van der Waals surface area contributed by atoms with Gasteiger partial charge in [-0.25, -0.2) is 0 Å². The van der Waals surface area contributed by atoms with E-state index < -0.39 is 5.91 Å². The van der Waals surface area contributed by atoms with Crippen LogP contribution in [-0.2, 0) is 6.42 Å². The molecule has 1 aliphatic rings. The number of benzene rings is 1. The van der Waals surface area contributed by atoms with Crippen LogP contribution in [0.15, 0.2) is 30.3 Å². The normalized spacial score (nSPS) is 20.0. The number of carbonyl (C=O) groups is 1. The Balaban J connectivity index is 2.21. The van der Waals surface area contributed by atoms with Crippen LogP contribution >= 0.6 is 11.3 Å². The average molecular weight is 300 g/mol. The van der Waals surface area contributed by atoms with E-state index in [0.29, 0.717) is 10.6 Å². The Kier molecular flexibility index (Phi) is 3.29. The van der Waals surface area contributed by atoms with Gasteiger partial charge in [-0.2, -0.15) is 0 Å². The van der Waals surface area contributed by atoms with Gasteiger partial charge in [-0.1, -0.05) is 44.2 Å². The quantitative estimate of drug-likeness (QED) is 0.890. The number of nitrogen functional groups attached to an aromatic ring is 1. The zero-order chi connectivity index (χ0) is 15.2. The second-order valence-corrected chi connectivity index (χ2v) is 7.46. The van der Waals surface area contributed by atoms with Gasteiger partial charge in [0.15, 0.2) is 0 Å². The maximum atomic E-state index is 11.7. The van der Waals surface area contributed by atoms with E-state index in [1.165, 1.54) is 21.8 Å². The molecule has 0 aliphatic heterocycles. The molecule has 2 aromatic rings. The van der Waals surface area contributed by atoms with Crippen LogP contribution in [0.2, 0.25) is 0 Å². The highest BCUT2D eigenvalue weighted by Crippen LogP contribution is 2.53. The van der Waals surface area contributed by atoms with Gasteiger partial charge in [-0.05, 0) is 29.4 Å². The summed E-state index contributed by atoms with van der Waals surface area (Å²) >= 11 is 1.53. The molecule has 110 valence electrons. The third-order valence-electron chi connectivity index (χ3n) is 4.51. The number of thiophene rings is 1. The topological polar surface area (TPSA) is 69.1 Å². The minimum atomic E-state index is -0.406. The van der Waals surface area contributed by atoms with Crippen molar-refractivity contribution in [3.63, 3.8) is 0 Å². The van der Waals surface area contributed by atoms with E-state index in [4.69, 9.17) is 11.5 Å². The first kappa shape index (κ1) is 14.1.